The molecule has 3 rings (SSSR count). The number of likely N-dealkylation sites (tertiary alicyclic amines) is 1. The molecule has 29 heavy (non-hydrogen) atoms. The molecule has 2 N–H and O–H groups in total. The minimum Gasteiger partial charge on any atom is -0.374 e. The van der Waals surface area contributed by atoms with Crippen LogP contribution >= 0.6 is 0 Å². The quantitative estimate of drug-likeness (QED) is 0.639. The lowest BCUT2D eigenvalue weighted by molar-refractivity contribution is -0.125. The maximum absolute atomic E-state index is 14.9. The maximum Gasteiger partial charge on any atom is 0.248 e. The number of piperidine rings is 1. The van der Waals surface area contributed by atoms with E-state index in [1.807, 2.05) is 19.1 Å². The van der Waals surface area contributed by atoms with Gasteiger partial charge in [0.15, 0.2) is 0 Å². The number of amides is 2. The van der Waals surface area contributed by atoms with Gasteiger partial charge in [-0.25, -0.2) is 4.39 Å². The third-order valence-corrected chi connectivity index (χ3v) is 6.50. The predicted molar refractivity (Wildman–Crippen MR) is 113 cm³/mol. The highest BCUT2D eigenvalue weighted by Gasteiger charge is 2.28. The van der Waals surface area contributed by atoms with Crippen LogP contribution in [0.5, 0.6) is 0 Å². The Morgan fingerprint density at radius 2 is 1.93 bits per heavy atom. The number of nitrogens with zero attached hydrogens (tertiary/aromatic N) is 1. The molecule has 1 aliphatic heterocycles. The Bertz CT molecular complexity index is 683. The summed E-state index contributed by atoms with van der Waals surface area (Å²) in [5, 5.41) is 5.25. The van der Waals surface area contributed by atoms with E-state index in [0.717, 1.165) is 44.0 Å². The lowest BCUT2D eigenvalue weighted by Crippen LogP contribution is -2.42. The number of carbonyl (C=O) groups excluding carboxylic acids is 2. The van der Waals surface area contributed by atoms with E-state index in [2.05, 4.69) is 15.5 Å². The van der Waals surface area contributed by atoms with Gasteiger partial charge in [0.05, 0.1) is 0 Å². The zero-order valence-corrected chi connectivity index (χ0v) is 17.5. The van der Waals surface area contributed by atoms with Crippen molar-refractivity contribution in [1.29, 1.82) is 0 Å². The van der Waals surface area contributed by atoms with Crippen molar-refractivity contribution in [1.82, 2.24) is 10.2 Å². The van der Waals surface area contributed by atoms with Crippen LogP contribution in [0.4, 0.5) is 10.1 Å². The molecule has 2 amide bonds. The van der Waals surface area contributed by atoms with Crippen molar-refractivity contribution in [2.24, 2.45) is 0 Å². The normalized spacial score (nSPS) is 20.2. The molecule has 0 spiro atoms. The van der Waals surface area contributed by atoms with Crippen LogP contribution in [0.15, 0.2) is 18.2 Å². The van der Waals surface area contributed by atoms with Crippen LogP contribution in [-0.4, -0.2) is 42.4 Å². The minimum absolute atomic E-state index is 0.211. The van der Waals surface area contributed by atoms with Crippen LogP contribution < -0.4 is 10.6 Å². The van der Waals surface area contributed by atoms with E-state index in [4.69, 9.17) is 0 Å². The Labute approximate surface area is 173 Å². The highest BCUT2D eigenvalue weighted by atomic mass is 19.1. The van der Waals surface area contributed by atoms with Crippen molar-refractivity contribution in [3.05, 3.63) is 29.6 Å². The fourth-order valence-corrected chi connectivity index (χ4v) is 4.89. The number of anilines is 1. The van der Waals surface area contributed by atoms with Crippen LogP contribution in [0.1, 0.15) is 76.2 Å². The standard InChI is InChI=1S/C23H34FN3O2/c1-2-6-22(23(29)25-16-28)26-18-9-10-20(21(24)15-18)17-11-13-27(14-12-17)19-7-4-3-5-8-19/h9-10,15-17,19,22,26H,2-8,11-14H2,1H3,(H,25,28,29). The number of imide groups is 1. The van der Waals surface area contributed by atoms with Gasteiger partial charge in [-0.3, -0.25) is 14.9 Å². The number of hydrogen-bond acceptors (Lipinski definition) is 4. The first-order chi connectivity index (χ1) is 14.1. The van der Waals surface area contributed by atoms with Gasteiger partial charge < -0.3 is 10.2 Å². The second kappa shape index (κ2) is 10.7. The van der Waals surface area contributed by atoms with Crippen LogP contribution in [0.3, 0.4) is 0 Å². The molecule has 1 saturated carbocycles. The van der Waals surface area contributed by atoms with E-state index in [1.54, 1.807) is 0 Å². The van der Waals surface area contributed by atoms with E-state index in [1.165, 1.54) is 38.2 Å². The second-order valence-electron chi connectivity index (χ2n) is 8.45. The molecule has 1 saturated heterocycles. The molecule has 5 nitrogen and oxygen atoms in total. The summed E-state index contributed by atoms with van der Waals surface area (Å²) in [5.74, 6) is -0.340. The third kappa shape index (κ3) is 5.78. The van der Waals surface area contributed by atoms with E-state index in [0.29, 0.717) is 18.5 Å². The Morgan fingerprint density at radius 1 is 1.21 bits per heavy atom. The first-order valence-electron chi connectivity index (χ1n) is 11.2. The fourth-order valence-electron chi connectivity index (χ4n) is 4.89. The first kappa shape index (κ1) is 21.8. The summed E-state index contributed by atoms with van der Waals surface area (Å²) in [6.45, 7) is 4.07. The van der Waals surface area contributed by atoms with Gasteiger partial charge in [-0.1, -0.05) is 38.7 Å². The molecule has 1 atom stereocenters. The number of benzene rings is 1. The molecule has 0 radical (unpaired) electrons. The van der Waals surface area contributed by atoms with Crippen LogP contribution in [0.2, 0.25) is 0 Å². The van der Waals surface area contributed by atoms with Crippen LogP contribution in [-0.2, 0) is 9.59 Å². The molecule has 1 unspecified atom stereocenters. The molecule has 160 valence electrons. The summed E-state index contributed by atoms with van der Waals surface area (Å²) in [7, 11) is 0. The van der Waals surface area contributed by atoms with Crippen molar-refractivity contribution < 1.29 is 14.0 Å². The van der Waals surface area contributed by atoms with E-state index in [9.17, 15) is 14.0 Å². The summed E-state index contributed by atoms with van der Waals surface area (Å²) >= 11 is 0. The van der Waals surface area contributed by atoms with Crippen molar-refractivity contribution in [3.63, 3.8) is 0 Å². The molecule has 1 aromatic carbocycles. The highest BCUT2D eigenvalue weighted by Crippen LogP contribution is 2.34. The zero-order chi connectivity index (χ0) is 20.6. The van der Waals surface area contributed by atoms with Crippen molar-refractivity contribution >= 4 is 18.0 Å². The number of carbonyl (C=O) groups is 2. The topological polar surface area (TPSA) is 61.4 Å². The molecular formula is C23H34FN3O2. The Hall–Kier alpha value is -1.95. The van der Waals surface area contributed by atoms with Gasteiger partial charge in [-0.2, -0.15) is 0 Å². The first-order valence-corrected chi connectivity index (χ1v) is 11.2. The Balaban J connectivity index is 1.59. The lowest BCUT2D eigenvalue weighted by Gasteiger charge is -2.39. The van der Waals surface area contributed by atoms with Crippen LogP contribution in [0.25, 0.3) is 0 Å². The van der Waals surface area contributed by atoms with E-state index in [-0.39, 0.29) is 17.6 Å². The van der Waals surface area contributed by atoms with E-state index >= 15 is 0 Å². The van der Waals surface area contributed by atoms with Gasteiger partial charge in [0.2, 0.25) is 12.3 Å². The largest absolute Gasteiger partial charge is 0.374 e. The summed E-state index contributed by atoms with van der Waals surface area (Å²) in [5.41, 5.74) is 1.36. The molecule has 6 heteroatoms. The number of halogens is 1. The van der Waals surface area contributed by atoms with Crippen molar-refractivity contribution in [2.75, 3.05) is 18.4 Å². The molecule has 0 bridgehead atoms. The van der Waals surface area contributed by atoms with Crippen LogP contribution in [0, 0.1) is 5.82 Å². The molecular weight excluding hydrogens is 369 g/mol. The molecule has 1 aromatic rings. The predicted octanol–water partition coefficient (Wildman–Crippen LogP) is 4.19. The Morgan fingerprint density at radius 3 is 2.55 bits per heavy atom. The molecule has 1 aliphatic carbocycles. The lowest BCUT2D eigenvalue weighted by atomic mass is 9.86. The van der Waals surface area contributed by atoms with Gasteiger partial charge >= 0.3 is 0 Å². The maximum atomic E-state index is 14.9. The van der Waals surface area contributed by atoms with Gasteiger partial charge in [0.25, 0.3) is 0 Å². The van der Waals surface area contributed by atoms with E-state index < -0.39 is 6.04 Å². The summed E-state index contributed by atoms with van der Waals surface area (Å²) in [4.78, 5) is 25.2. The van der Waals surface area contributed by atoms with Crippen molar-refractivity contribution in [3.8, 4) is 0 Å². The number of hydrogen-bond donors (Lipinski definition) is 2. The van der Waals surface area contributed by atoms with Gasteiger partial charge in [-0.15, -0.1) is 0 Å². The Kier molecular flexibility index (Phi) is 8.04. The molecule has 1 heterocycles. The van der Waals surface area contributed by atoms with Crippen molar-refractivity contribution in [2.45, 2.75) is 82.7 Å². The van der Waals surface area contributed by atoms with Gasteiger partial charge in [0.1, 0.15) is 11.9 Å². The number of nitrogens with one attached hydrogen (secondary N) is 2. The highest BCUT2D eigenvalue weighted by molar-refractivity contribution is 5.91. The molecule has 2 fully saturated rings. The second-order valence-corrected chi connectivity index (χ2v) is 8.45. The molecule has 0 aromatic heterocycles. The summed E-state index contributed by atoms with van der Waals surface area (Å²) in [6.07, 6.45) is 10.4. The average Bonchev–Trinajstić information content (AvgIpc) is 2.74. The monoisotopic (exact) mass is 403 g/mol. The minimum atomic E-state index is -0.547. The third-order valence-electron chi connectivity index (χ3n) is 6.50. The summed E-state index contributed by atoms with van der Waals surface area (Å²) < 4.78 is 14.9. The van der Waals surface area contributed by atoms with Gasteiger partial charge in [0, 0.05) is 11.7 Å². The fraction of sp³-hybridized carbons (Fsp3) is 0.652. The smallest absolute Gasteiger partial charge is 0.248 e. The SMILES string of the molecule is CCCC(Nc1ccc(C2CCN(C3CCCCC3)CC2)c(F)c1)C(=O)NC=O. The number of rotatable bonds is 8. The molecule has 2 aliphatic rings. The summed E-state index contributed by atoms with van der Waals surface area (Å²) in [6, 6.07) is 5.38. The van der Waals surface area contributed by atoms with Gasteiger partial charge in [-0.05, 0) is 68.8 Å². The zero-order valence-electron chi connectivity index (χ0n) is 17.5. The average molecular weight is 404 g/mol.